The molecule has 0 aromatic carbocycles. The van der Waals surface area contributed by atoms with E-state index >= 15 is 0 Å². The molecule has 1 aliphatic heterocycles. The summed E-state index contributed by atoms with van der Waals surface area (Å²) in [6, 6.07) is 0.0654. The van der Waals surface area contributed by atoms with Gasteiger partial charge in [0.05, 0.1) is 12.9 Å². The van der Waals surface area contributed by atoms with Crippen molar-refractivity contribution in [3.63, 3.8) is 0 Å². The van der Waals surface area contributed by atoms with Crippen LogP contribution in [0.3, 0.4) is 0 Å². The maximum absolute atomic E-state index is 12.0. The molecule has 1 aromatic rings. The molecule has 1 atom stereocenters. The van der Waals surface area contributed by atoms with Gasteiger partial charge in [-0.1, -0.05) is 0 Å². The van der Waals surface area contributed by atoms with Crippen molar-refractivity contribution in [3.8, 4) is 0 Å². The predicted molar refractivity (Wildman–Crippen MR) is 79.7 cm³/mol. The lowest BCUT2D eigenvalue weighted by Gasteiger charge is -2.34. The Balaban J connectivity index is 0.00000220. The predicted octanol–water partition coefficient (Wildman–Crippen LogP) is -1.06. The lowest BCUT2D eigenvalue weighted by Crippen LogP contribution is -2.54. The zero-order chi connectivity index (χ0) is 14.8. The molecule has 0 saturated carbocycles. The topological polar surface area (TPSA) is 96.3 Å². The van der Waals surface area contributed by atoms with Gasteiger partial charge in [-0.25, -0.2) is 18.1 Å². The van der Waals surface area contributed by atoms with Gasteiger partial charge in [-0.05, 0) is 6.92 Å². The molecule has 120 valence electrons. The fourth-order valence-corrected chi connectivity index (χ4v) is 3.02. The van der Waals surface area contributed by atoms with Crippen LogP contribution < -0.4 is 10.0 Å². The Hall–Kier alpha value is -1.16. The van der Waals surface area contributed by atoms with Gasteiger partial charge < -0.3 is 14.8 Å². The van der Waals surface area contributed by atoms with Gasteiger partial charge >= 0.3 is 0 Å². The van der Waals surface area contributed by atoms with E-state index in [9.17, 15) is 13.2 Å². The summed E-state index contributed by atoms with van der Waals surface area (Å²) in [5, 5.41) is 3.09. The Morgan fingerprint density at radius 3 is 2.86 bits per heavy atom. The van der Waals surface area contributed by atoms with E-state index in [1.165, 1.54) is 17.1 Å². The first-order valence-electron chi connectivity index (χ1n) is 6.38. The minimum absolute atomic E-state index is 0. The number of hydrogen-bond donors (Lipinski definition) is 2. The number of imidazole rings is 1. The number of carbonyl (C=O) groups excluding carboxylic acids is 1. The molecule has 0 spiro atoms. The maximum atomic E-state index is 12.0. The van der Waals surface area contributed by atoms with E-state index in [1.54, 1.807) is 11.9 Å². The van der Waals surface area contributed by atoms with Crippen LogP contribution >= 0.6 is 12.4 Å². The number of aromatic nitrogens is 2. The molecular weight excluding hydrogens is 318 g/mol. The number of nitrogens with zero attached hydrogens (tertiary/aromatic N) is 3. The van der Waals surface area contributed by atoms with Crippen LogP contribution in [0.1, 0.15) is 6.92 Å². The highest BCUT2D eigenvalue weighted by atomic mass is 35.5. The molecule has 1 aromatic heterocycles. The molecule has 1 saturated heterocycles. The molecule has 0 bridgehead atoms. The van der Waals surface area contributed by atoms with Crippen molar-refractivity contribution >= 4 is 28.3 Å². The summed E-state index contributed by atoms with van der Waals surface area (Å²) in [6.07, 6.45) is 2.79. The molecule has 8 nitrogen and oxygen atoms in total. The third-order valence-electron chi connectivity index (χ3n) is 3.19. The fraction of sp³-hybridized carbons (Fsp3) is 0.636. The summed E-state index contributed by atoms with van der Waals surface area (Å²) in [5.74, 6) is -0.224. The van der Waals surface area contributed by atoms with Crippen molar-refractivity contribution in [2.45, 2.75) is 18.0 Å². The lowest BCUT2D eigenvalue weighted by molar-refractivity contribution is -0.132. The standard InChI is InChI=1S/C11H19N5O3S.ClH/c1-9-5-12-3-4-16(9)11(17)6-14-20(18,19)10-7-15(2)8-13-10;/h7-9,12,14H,3-6H2,1-2H3;1H/t9-;/m0./s1. The Kier molecular flexibility index (Phi) is 6.14. The normalized spacial score (nSPS) is 19.1. The smallest absolute Gasteiger partial charge is 0.260 e. The highest BCUT2D eigenvalue weighted by Gasteiger charge is 2.25. The van der Waals surface area contributed by atoms with Gasteiger partial charge in [0.1, 0.15) is 0 Å². The molecule has 2 heterocycles. The molecule has 1 amide bonds. The second-order valence-electron chi connectivity index (χ2n) is 4.84. The van der Waals surface area contributed by atoms with Crippen molar-refractivity contribution in [1.29, 1.82) is 0 Å². The van der Waals surface area contributed by atoms with E-state index in [0.29, 0.717) is 6.54 Å². The molecule has 1 fully saturated rings. The summed E-state index contributed by atoms with van der Waals surface area (Å²) < 4.78 is 27.7. The fourth-order valence-electron chi connectivity index (χ4n) is 2.07. The van der Waals surface area contributed by atoms with Gasteiger partial charge in [0.25, 0.3) is 10.0 Å². The van der Waals surface area contributed by atoms with E-state index in [2.05, 4.69) is 15.0 Å². The first-order chi connectivity index (χ1) is 9.40. The summed E-state index contributed by atoms with van der Waals surface area (Å²) in [5.41, 5.74) is 0. The van der Waals surface area contributed by atoms with Crippen LogP contribution in [0, 0.1) is 0 Å². The van der Waals surface area contributed by atoms with Crippen LogP contribution in [0.25, 0.3) is 0 Å². The van der Waals surface area contributed by atoms with E-state index in [0.717, 1.165) is 13.1 Å². The minimum atomic E-state index is -3.74. The summed E-state index contributed by atoms with van der Waals surface area (Å²) in [4.78, 5) is 17.5. The number of hydrogen-bond acceptors (Lipinski definition) is 5. The van der Waals surface area contributed by atoms with Gasteiger partial charge in [-0.15, -0.1) is 12.4 Å². The van der Waals surface area contributed by atoms with E-state index in [1.807, 2.05) is 6.92 Å². The molecule has 0 radical (unpaired) electrons. The molecule has 2 rings (SSSR count). The average molecular weight is 338 g/mol. The van der Waals surface area contributed by atoms with Crippen LogP contribution in [0.5, 0.6) is 0 Å². The van der Waals surface area contributed by atoms with Gasteiger partial charge in [-0.2, -0.15) is 0 Å². The molecular formula is C11H20ClN5O3S. The number of halogens is 1. The molecule has 21 heavy (non-hydrogen) atoms. The van der Waals surface area contributed by atoms with Crippen molar-refractivity contribution in [2.24, 2.45) is 7.05 Å². The van der Waals surface area contributed by atoms with Gasteiger partial charge in [0, 0.05) is 38.9 Å². The quantitative estimate of drug-likeness (QED) is 0.730. The SMILES string of the molecule is C[C@H]1CNCCN1C(=O)CNS(=O)(=O)c1cn(C)cn1.Cl. The van der Waals surface area contributed by atoms with Crippen molar-refractivity contribution in [1.82, 2.24) is 24.5 Å². The summed E-state index contributed by atoms with van der Waals surface area (Å²) in [7, 11) is -2.06. The summed E-state index contributed by atoms with van der Waals surface area (Å²) in [6.45, 7) is 3.72. The van der Waals surface area contributed by atoms with Gasteiger partial charge in [0.2, 0.25) is 5.91 Å². The van der Waals surface area contributed by atoms with E-state index < -0.39 is 10.0 Å². The lowest BCUT2D eigenvalue weighted by atomic mass is 10.2. The zero-order valence-electron chi connectivity index (χ0n) is 11.9. The monoisotopic (exact) mass is 337 g/mol. The van der Waals surface area contributed by atoms with Crippen molar-refractivity contribution in [2.75, 3.05) is 26.2 Å². The Labute approximate surface area is 130 Å². The number of nitrogens with one attached hydrogen (secondary N) is 2. The molecule has 1 aliphatic rings. The second-order valence-corrected chi connectivity index (χ2v) is 6.56. The highest BCUT2D eigenvalue weighted by Crippen LogP contribution is 2.05. The number of sulfonamides is 1. The molecule has 0 aliphatic carbocycles. The number of carbonyl (C=O) groups is 1. The van der Waals surface area contributed by atoms with Crippen molar-refractivity contribution < 1.29 is 13.2 Å². The molecule has 0 unspecified atom stereocenters. The van der Waals surface area contributed by atoms with Gasteiger partial charge in [-0.3, -0.25) is 4.79 Å². The highest BCUT2D eigenvalue weighted by molar-refractivity contribution is 7.89. The van der Waals surface area contributed by atoms with E-state index in [-0.39, 0.29) is 35.9 Å². The minimum Gasteiger partial charge on any atom is -0.339 e. The van der Waals surface area contributed by atoms with Crippen molar-refractivity contribution in [3.05, 3.63) is 12.5 Å². The zero-order valence-corrected chi connectivity index (χ0v) is 13.6. The van der Waals surface area contributed by atoms with Gasteiger partial charge in [0.15, 0.2) is 5.03 Å². The van der Waals surface area contributed by atoms with Crippen LogP contribution in [0.2, 0.25) is 0 Å². The van der Waals surface area contributed by atoms with Crippen LogP contribution in [-0.2, 0) is 21.9 Å². The Bertz CT molecular complexity index is 588. The maximum Gasteiger partial charge on any atom is 0.260 e. The second kappa shape index (κ2) is 7.21. The van der Waals surface area contributed by atoms with Crippen LogP contribution in [0.15, 0.2) is 17.6 Å². The number of rotatable bonds is 4. The number of piperazine rings is 1. The Morgan fingerprint density at radius 1 is 1.57 bits per heavy atom. The van der Waals surface area contributed by atoms with E-state index in [4.69, 9.17) is 0 Å². The third-order valence-corrected chi connectivity index (χ3v) is 4.48. The third kappa shape index (κ3) is 4.40. The first kappa shape index (κ1) is 17.9. The largest absolute Gasteiger partial charge is 0.339 e. The molecule has 10 heteroatoms. The van der Waals surface area contributed by atoms with Crippen LogP contribution in [-0.4, -0.2) is 61.0 Å². The average Bonchev–Trinajstić information content (AvgIpc) is 2.84. The number of amides is 1. The first-order valence-corrected chi connectivity index (χ1v) is 7.86. The summed E-state index contributed by atoms with van der Waals surface area (Å²) >= 11 is 0. The van der Waals surface area contributed by atoms with Crippen LogP contribution in [0.4, 0.5) is 0 Å². The molecule has 2 N–H and O–H groups in total. The number of aryl methyl sites for hydroxylation is 1. The Morgan fingerprint density at radius 2 is 2.29 bits per heavy atom.